The molecule has 2 N–H and O–H groups in total. The van der Waals surface area contributed by atoms with Crippen molar-refractivity contribution in [2.24, 2.45) is 0 Å². The van der Waals surface area contributed by atoms with E-state index in [0.29, 0.717) is 22.8 Å². The van der Waals surface area contributed by atoms with Gasteiger partial charge in [-0.25, -0.2) is 0 Å². The number of hydrogen-bond donors (Lipinski definition) is 2. The molecule has 106 valence electrons. The van der Waals surface area contributed by atoms with Gasteiger partial charge in [-0.1, -0.05) is 29.8 Å². The summed E-state index contributed by atoms with van der Waals surface area (Å²) >= 11 is 6.17. The van der Waals surface area contributed by atoms with Crippen LogP contribution in [-0.4, -0.2) is 48.2 Å². The zero-order valence-electron chi connectivity index (χ0n) is 11.5. The highest BCUT2D eigenvalue weighted by molar-refractivity contribution is 6.33. The summed E-state index contributed by atoms with van der Waals surface area (Å²) in [6, 6.07) is 7.38. The molecule has 0 saturated carbocycles. The fourth-order valence-corrected chi connectivity index (χ4v) is 2.13. The summed E-state index contributed by atoms with van der Waals surface area (Å²) in [5.41, 5.74) is 1.95. The first-order valence-corrected chi connectivity index (χ1v) is 6.71. The molecule has 2 aromatic rings. The lowest BCUT2D eigenvalue weighted by atomic mass is 10.1. The van der Waals surface area contributed by atoms with Gasteiger partial charge in [0.2, 0.25) is 0 Å². The van der Waals surface area contributed by atoms with Crippen LogP contribution in [0.25, 0.3) is 11.3 Å². The van der Waals surface area contributed by atoms with Gasteiger partial charge in [-0.15, -0.1) is 0 Å². The molecule has 1 amide bonds. The summed E-state index contributed by atoms with van der Waals surface area (Å²) < 4.78 is 0. The van der Waals surface area contributed by atoms with Gasteiger partial charge in [-0.2, -0.15) is 5.10 Å². The fraction of sp³-hybridized carbons (Fsp3) is 0.286. The van der Waals surface area contributed by atoms with Crippen molar-refractivity contribution in [1.29, 1.82) is 0 Å². The van der Waals surface area contributed by atoms with Gasteiger partial charge in [0.15, 0.2) is 0 Å². The first-order valence-electron chi connectivity index (χ1n) is 6.33. The van der Waals surface area contributed by atoms with Crippen molar-refractivity contribution in [3.8, 4) is 11.3 Å². The van der Waals surface area contributed by atoms with Crippen molar-refractivity contribution in [2.45, 2.75) is 0 Å². The Bertz CT molecular complexity index is 596. The highest BCUT2D eigenvalue weighted by Gasteiger charge is 2.19. The fourth-order valence-electron chi connectivity index (χ4n) is 1.90. The molecule has 0 spiro atoms. The van der Waals surface area contributed by atoms with Gasteiger partial charge in [-0.3, -0.25) is 9.89 Å². The zero-order valence-corrected chi connectivity index (χ0v) is 12.2. The van der Waals surface area contributed by atoms with Crippen LogP contribution in [0.4, 0.5) is 0 Å². The molecule has 0 unspecified atom stereocenters. The first-order chi connectivity index (χ1) is 9.65. The highest BCUT2D eigenvalue weighted by Crippen LogP contribution is 2.28. The number of nitrogens with zero attached hydrogens (tertiary/aromatic N) is 2. The lowest BCUT2D eigenvalue weighted by molar-refractivity contribution is 0.0797. The molecule has 2 rings (SSSR count). The Hall–Kier alpha value is -1.85. The maximum absolute atomic E-state index is 12.4. The van der Waals surface area contributed by atoms with Crippen LogP contribution in [0.2, 0.25) is 5.02 Å². The van der Waals surface area contributed by atoms with E-state index in [4.69, 9.17) is 11.6 Å². The van der Waals surface area contributed by atoms with E-state index in [-0.39, 0.29) is 5.91 Å². The highest BCUT2D eigenvalue weighted by atomic mass is 35.5. The van der Waals surface area contributed by atoms with E-state index >= 15 is 0 Å². The van der Waals surface area contributed by atoms with E-state index in [0.717, 1.165) is 12.1 Å². The van der Waals surface area contributed by atoms with E-state index < -0.39 is 0 Å². The Kier molecular flexibility index (Phi) is 4.76. The van der Waals surface area contributed by atoms with Crippen LogP contribution in [-0.2, 0) is 0 Å². The monoisotopic (exact) mass is 292 g/mol. The number of aromatic nitrogens is 2. The first kappa shape index (κ1) is 14.6. The molecular weight excluding hydrogens is 276 g/mol. The molecule has 0 aliphatic rings. The van der Waals surface area contributed by atoms with E-state index in [1.54, 1.807) is 18.0 Å². The minimum Gasteiger partial charge on any atom is -0.340 e. The van der Waals surface area contributed by atoms with Crippen LogP contribution < -0.4 is 5.32 Å². The normalized spacial score (nSPS) is 10.6. The Morgan fingerprint density at radius 3 is 2.90 bits per heavy atom. The Balaban J connectivity index is 2.29. The lowest BCUT2D eigenvalue weighted by Gasteiger charge is -2.17. The standard InChI is InChI=1S/C14H17ClN4O/c1-16-7-8-19(2)14(20)11-9-17-18-13(11)10-5-3-4-6-12(10)15/h3-6,9,16H,7-8H2,1-2H3,(H,17,18). The molecule has 0 saturated heterocycles. The van der Waals surface area contributed by atoms with Crippen molar-refractivity contribution in [3.63, 3.8) is 0 Å². The second kappa shape index (κ2) is 6.54. The van der Waals surface area contributed by atoms with Crippen LogP contribution in [0.3, 0.4) is 0 Å². The number of benzene rings is 1. The number of likely N-dealkylation sites (N-methyl/N-ethyl adjacent to an activating group) is 2. The largest absolute Gasteiger partial charge is 0.340 e. The van der Waals surface area contributed by atoms with Gasteiger partial charge in [0.05, 0.1) is 17.5 Å². The number of hydrogen-bond acceptors (Lipinski definition) is 3. The average Bonchev–Trinajstić information content (AvgIpc) is 2.93. The summed E-state index contributed by atoms with van der Waals surface area (Å²) in [6.07, 6.45) is 1.54. The van der Waals surface area contributed by atoms with Crippen molar-refractivity contribution >= 4 is 17.5 Å². The maximum Gasteiger partial charge on any atom is 0.257 e. The van der Waals surface area contributed by atoms with Crippen molar-refractivity contribution < 1.29 is 4.79 Å². The molecule has 0 bridgehead atoms. The van der Waals surface area contributed by atoms with Crippen molar-refractivity contribution in [3.05, 3.63) is 41.0 Å². The van der Waals surface area contributed by atoms with Gasteiger partial charge in [0.25, 0.3) is 5.91 Å². The smallest absolute Gasteiger partial charge is 0.257 e. The van der Waals surface area contributed by atoms with E-state index in [1.807, 2.05) is 25.2 Å². The number of rotatable bonds is 5. The van der Waals surface area contributed by atoms with E-state index in [9.17, 15) is 4.79 Å². The number of aromatic amines is 1. The summed E-state index contributed by atoms with van der Waals surface area (Å²) in [5.74, 6) is -0.0797. The SMILES string of the molecule is CNCCN(C)C(=O)c1cn[nH]c1-c1ccccc1Cl. The summed E-state index contributed by atoms with van der Waals surface area (Å²) in [4.78, 5) is 14.1. The van der Waals surface area contributed by atoms with E-state index in [2.05, 4.69) is 15.5 Å². The minimum absolute atomic E-state index is 0.0797. The number of H-pyrrole nitrogens is 1. The van der Waals surface area contributed by atoms with Gasteiger partial charge in [-0.05, 0) is 13.1 Å². The lowest BCUT2D eigenvalue weighted by Crippen LogP contribution is -2.32. The molecule has 5 nitrogen and oxygen atoms in total. The number of halogens is 1. The van der Waals surface area contributed by atoms with Gasteiger partial charge >= 0.3 is 0 Å². The average molecular weight is 293 g/mol. The zero-order chi connectivity index (χ0) is 14.5. The van der Waals surface area contributed by atoms with Gasteiger partial charge < -0.3 is 10.2 Å². The number of nitrogens with one attached hydrogen (secondary N) is 2. The second-order valence-corrected chi connectivity index (χ2v) is 4.88. The molecule has 0 atom stereocenters. The Labute approximate surface area is 122 Å². The second-order valence-electron chi connectivity index (χ2n) is 4.47. The maximum atomic E-state index is 12.4. The molecular formula is C14H17ClN4O. The molecule has 0 radical (unpaired) electrons. The predicted octanol–water partition coefficient (Wildman–Crippen LogP) is 2.02. The van der Waals surface area contributed by atoms with Crippen LogP contribution >= 0.6 is 11.6 Å². The third-order valence-electron chi connectivity index (χ3n) is 3.06. The summed E-state index contributed by atoms with van der Waals surface area (Å²) in [7, 11) is 3.62. The number of carbonyl (C=O) groups is 1. The molecule has 20 heavy (non-hydrogen) atoms. The van der Waals surface area contributed by atoms with Gasteiger partial charge in [0, 0.05) is 30.7 Å². The van der Waals surface area contributed by atoms with Gasteiger partial charge in [0.1, 0.15) is 0 Å². The van der Waals surface area contributed by atoms with Crippen LogP contribution in [0.15, 0.2) is 30.5 Å². The molecule has 1 heterocycles. The Morgan fingerprint density at radius 2 is 2.20 bits per heavy atom. The third kappa shape index (κ3) is 3.00. The predicted molar refractivity (Wildman–Crippen MR) is 79.9 cm³/mol. The van der Waals surface area contributed by atoms with Crippen LogP contribution in [0.1, 0.15) is 10.4 Å². The Morgan fingerprint density at radius 1 is 1.45 bits per heavy atom. The van der Waals surface area contributed by atoms with Crippen LogP contribution in [0.5, 0.6) is 0 Å². The molecule has 1 aromatic carbocycles. The minimum atomic E-state index is -0.0797. The third-order valence-corrected chi connectivity index (χ3v) is 3.39. The topological polar surface area (TPSA) is 61.0 Å². The molecule has 0 aliphatic heterocycles. The molecule has 1 aromatic heterocycles. The molecule has 6 heteroatoms. The quantitative estimate of drug-likeness (QED) is 0.886. The van der Waals surface area contributed by atoms with Crippen molar-refractivity contribution in [2.75, 3.05) is 27.2 Å². The van der Waals surface area contributed by atoms with Crippen LogP contribution in [0, 0.1) is 0 Å². The number of amides is 1. The summed E-state index contributed by atoms with van der Waals surface area (Å²) in [6.45, 7) is 1.37. The number of carbonyl (C=O) groups excluding carboxylic acids is 1. The summed E-state index contributed by atoms with van der Waals surface area (Å²) in [5, 5.41) is 10.4. The molecule has 0 fully saturated rings. The van der Waals surface area contributed by atoms with E-state index in [1.165, 1.54) is 6.20 Å². The molecule has 0 aliphatic carbocycles. The van der Waals surface area contributed by atoms with Crippen molar-refractivity contribution in [1.82, 2.24) is 20.4 Å².